The molecule has 9 nitrogen and oxygen atoms in total. The molecule has 0 aliphatic carbocycles. The van der Waals surface area contributed by atoms with Crippen molar-refractivity contribution in [1.82, 2.24) is 0 Å². The number of nitrogens with two attached hydrogens (primary N) is 1. The fourth-order valence-electron chi connectivity index (χ4n) is 4.81. The third-order valence-electron chi connectivity index (χ3n) is 7.69. The molecule has 0 aliphatic heterocycles. The number of phosphoric acid groups is 1. The predicted octanol–water partition coefficient (Wildman–Crippen LogP) is 10.4. The van der Waals surface area contributed by atoms with Crippen molar-refractivity contribution in [2.75, 3.05) is 26.4 Å². The highest BCUT2D eigenvalue weighted by molar-refractivity contribution is 7.47. The van der Waals surface area contributed by atoms with Gasteiger partial charge in [0, 0.05) is 19.4 Å². The standard InChI is InChI=1S/C39H70NO8P/c1-3-5-7-9-11-13-15-17-18-20-22-24-26-28-30-32-39(42)48-37(36-47-49(43,44)46-34-33-40)35-45-38(41)31-29-27-25-23-21-19-16-14-12-10-8-6-4-2/h11,13-14,16-18,22,24,37H,3-10,12,15,19-21,23,25-36,40H2,1-2H3,(H,43,44). The zero-order valence-corrected chi connectivity index (χ0v) is 31.8. The Balaban J connectivity index is 4.33. The lowest BCUT2D eigenvalue weighted by atomic mass is 10.1. The zero-order valence-electron chi connectivity index (χ0n) is 30.9. The first-order valence-electron chi connectivity index (χ1n) is 19.1. The van der Waals surface area contributed by atoms with E-state index in [1.807, 2.05) is 0 Å². The molecule has 2 atom stereocenters. The number of carbonyl (C=O) groups is 2. The van der Waals surface area contributed by atoms with E-state index in [2.05, 4.69) is 62.5 Å². The second-order valence-corrected chi connectivity index (χ2v) is 13.9. The molecule has 3 N–H and O–H groups in total. The van der Waals surface area contributed by atoms with E-state index in [0.717, 1.165) is 64.2 Å². The quantitative estimate of drug-likeness (QED) is 0.0285. The van der Waals surface area contributed by atoms with E-state index in [1.54, 1.807) is 0 Å². The number of hydrogen-bond acceptors (Lipinski definition) is 8. The van der Waals surface area contributed by atoms with Gasteiger partial charge in [0.15, 0.2) is 6.10 Å². The maximum Gasteiger partial charge on any atom is 0.472 e. The molecule has 0 radical (unpaired) electrons. The minimum Gasteiger partial charge on any atom is -0.462 e. The fourth-order valence-corrected chi connectivity index (χ4v) is 5.57. The van der Waals surface area contributed by atoms with Gasteiger partial charge in [-0.05, 0) is 77.0 Å². The van der Waals surface area contributed by atoms with Crippen LogP contribution in [0.1, 0.15) is 155 Å². The van der Waals surface area contributed by atoms with Crippen LogP contribution in [-0.2, 0) is 32.7 Å². The van der Waals surface area contributed by atoms with Crippen molar-refractivity contribution in [3.05, 3.63) is 48.6 Å². The minimum atomic E-state index is -4.38. The van der Waals surface area contributed by atoms with Gasteiger partial charge >= 0.3 is 19.8 Å². The number of ether oxygens (including phenoxy) is 2. The SMILES string of the molecule is CCCCCC=CCC=CCC=CCCCCC(=O)OC(COC(=O)CCCCCCCC=CCCCCCC)COP(=O)(O)OCCN. The average Bonchev–Trinajstić information content (AvgIpc) is 3.08. The number of phosphoric ester groups is 1. The second kappa shape index (κ2) is 35.8. The largest absolute Gasteiger partial charge is 0.472 e. The van der Waals surface area contributed by atoms with Crippen LogP contribution >= 0.6 is 7.82 Å². The van der Waals surface area contributed by atoms with Crippen LogP contribution in [0.25, 0.3) is 0 Å². The molecule has 0 aliphatic rings. The maximum absolute atomic E-state index is 12.5. The van der Waals surface area contributed by atoms with E-state index < -0.39 is 32.5 Å². The Morgan fingerprint density at radius 3 is 1.67 bits per heavy atom. The van der Waals surface area contributed by atoms with Crippen LogP contribution in [0.2, 0.25) is 0 Å². The summed E-state index contributed by atoms with van der Waals surface area (Å²) >= 11 is 0. The van der Waals surface area contributed by atoms with Gasteiger partial charge in [-0.15, -0.1) is 0 Å². The Labute approximate surface area is 298 Å². The van der Waals surface area contributed by atoms with Crippen molar-refractivity contribution in [3.63, 3.8) is 0 Å². The van der Waals surface area contributed by atoms with E-state index in [4.69, 9.17) is 24.3 Å². The number of unbranched alkanes of at least 4 members (excludes halogenated alkanes) is 14. The van der Waals surface area contributed by atoms with Gasteiger partial charge in [0.1, 0.15) is 6.61 Å². The highest BCUT2D eigenvalue weighted by Crippen LogP contribution is 2.43. The van der Waals surface area contributed by atoms with Gasteiger partial charge in [-0.25, -0.2) is 4.57 Å². The molecule has 0 spiro atoms. The Morgan fingerprint density at radius 2 is 1.06 bits per heavy atom. The molecule has 2 unspecified atom stereocenters. The predicted molar refractivity (Wildman–Crippen MR) is 201 cm³/mol. The topological polar surface area (TPSA) is 134 Å². The van der Waals surface area contributed by atoms with Crippen molar-refractivity contribution in [2.24, 2.45) is 5.73 Å². The Hall–Kier alpha value is -2.03. The molecule has 49 heavy (non-hydrogen) atoms. The van der Waals surface area contributed by atoms with Gasteiger partial charge < -0.3 is 20.1 Å². The van der Waals surface area contributed by atoms with Gasteiger partial charge in [-0.3, -0.25) is 18.6 Å². The van der Waals surface area contributed by atoms with Crippen molar-refractivity contribution in [3.8, 4) is 0 Å². The molecule has 0 aromatic heterocycles. The molecule has 0 aromatic rings. The molecule has 0 saturated carbocycles. The number of carbonyl (C=O) groups excluding carboxylic acids is 2. The molecule has 284 valence electrons. The summed E-state index contributed by atoms with van der Waals surface area (Å²) in [6.07, 6.45) is 38.6. The Bertz CT molecular complexity index is 949. The van der Waals surface area contributed by atoms with Gasteiger partial charge in [0.2, 0.25) is 0 Å². The molecule has 0 bridgehead atoms. The fraction of sp³-hybridized carbons (Fsp3) is 0.744. The van der Waals surface area contributed by atoms with E-state index in [-0.39, 0.29) is 32.6 Å². The van der Waals surface area contributed by atoms with Crippen LogP contribution in [0.3, 0.4) is 0 Å². The molecule has 0 saturated heterocycles. The van der Waals surface area contributed by atoms with Crippen molar-refractivity contribution < 1.29 is 37.6 Å². The Kier molecular flexibility index (Phi) is 34.3. The molecule has 0 rings (SSSR count). The summed E-state index contributed by atoms with van der Waals surface area (Å²) < 4.78 is 32.6. The number of rotatable bonds is 35. The zero-order chi connectivity index (χ0) is 36.1. The monoisotopic (exact) mass is 711 g/mol. The molecule has 10 heteroatoms. The smallest absolute Gasteiger partial charge is 0.462 e. The first-order valence-corrected chi connectivity index (χ1v) is 20.6. The summed E-state index contributed by atoms with van der Waals surface area (Å²) in [7, 11) is -4.38. The van der Waals surface area contributed by atoms with Gasteiger partial charge in [0.05, 0.1) is 13.2 Å². The average molecular weight is 712 g/mol. The lowest BCUT2D eigenvalue weighted by molar-refractivity contribution is -0.161. The lowest BCUT2D eigenvalue weighted by Gasteiger charge is -2.19. The van der Waals surface area contributed by atoms with Crippen molar-refractivity contribution >= 4 is 19.8 Å². The van der Waals surface area contributed by atoms with Crippen LogP contribution in [0.15, 0.2) is 48.6 Å². The first-order chi connectivity index (χ1) is 23.8. The molecule has 0 heterocycles. The summed E-state index contributed by atoms with van der Waals surface area (Å²) in [5.74, 6) is -0.888. The molecule has 0 fully saturated rings. The van der Waals surface area contributed by atoms with Crippen molar-refractivity contribution in [2.45, 2.75) is 161 Å². The van der Waals surface area contributed by atoms with Crippen LogP contribution < -0.4 is 5.73 Å². The summed E-state index contributed by atoms with van der Waals surface area (Å²) in [6, 6.07) is 0. The molecule has 0 amide bonds. The van der Waals surface area contributed by atoms with Gasteiger partial charge in [0.25, 0.3) is 0 Å². The second-order valence-electron chi connectivity index (χ2n) is 12.4. The molecular weight excluding hydrogens is 641 g/mol. The van der Waals surface area contributed by atoms with E-state index in [1.165, 1.54) is 51.4 Å². The summed E-state index contributed by atoms with van der Waals surface area (Å²) in [5.41, 5.74) is 5.33. The van der Waals surface area contributed by atoms with E-state index in [9.17, 15) is 19.0 Å². The number of allylic oxidation sites excluding steroid dienone is 8. The number of hydrogen-bond donors (Lipinski definition) is 2. The maximum atomic E-state index is 12.5. The summed E-state index contributed by atoms with van der Waals surface area (Å²) in [6.45, 7) is 3.61. The Morgan fingerprint density at radius 1 is 0.612 bits per heavy atom. The summed E-state index contributed by atoms with van der Waals surface area (Å²) in [5, 5.41) is 0. The molecular formula is C39H70NO8P. The van der Waals surface area contributed by atoms with E-state index in [0.29, 0.717) is 12.8 Å². The normalized spacial score (nSPS) is 14.0. The third-order valence-corrected chi connectivity index (χ3v) is 8.67. The van der Waals surface area contributed by atoms with Crippen LogP contribution in [0.4, 0.5) is 0 Å². The van der Waals surface area contributed by atoms with Crippen LogP contribution in [0.5, 0.6) is 0 Å². The highest BCUT2D eigenvalue weighted by Gasteiger charge is 2.25. The summed E-state index contributed by atoms with van der Waals surface area (Å²) in [4.78, 5) is 34.7. The van der Waals surface area contributed by atoms with Gasteiger partial charge in [-0.2, -0.15) is 0 Å². The number of esters is 2. The first kappa shape index (κ1) is 47.0. The highest BCUT2D eigenvalue weighted by atomic mass is 31.2. The minimum absolute atomic E-state index is 0.0446. The van der Waals surface area contributed by atoms with Gasteiger partial charge in [-0.1, -0.05) is 114 Å². The third kappa shape index (κ3) is 35.6. The lowest BCUT2D eigenvalue weighted by Crippen LogP contribution is -2.29. The van der Waals surface area contributed by atoms with Crippen LogP contribution in [0, 0.1) is 0 Å². The van der Waals surface area contributed by atoms with Crippen LogP contribution in [-0.4, -0.2) is 49.3 Å². The molecule has 0 aromatic carbocycles. The van der Waals surface area contributed by atoms with E-state index >= 15 is 0 Å². The van der Waals surface area contributed by atoms with Crippen molar-refractivity contribution in [1.29, 1.82) is 0 Å².